The highest BCUT2D eigenvalue weighted by Gasteiger charge is 2.19. The van der Waals surface area contributed by atoms with E-state index in [1.54, 1.807) is 30.5 Å². The molecule has 2 N–H and O–H groups in total. The van der Waals surface area contributed by atoms with Crippen molar-refractivity contribution in [1.82, 2.24) is 4.98 Å². The van der Waals surface area contributed by atoms with E-state index in [9.17, 15) is 9.90 Å². The summed E-state index contributed by atoms with van der Waals surface area (Å²) < 4.78 is 4.88. The number of hydrogen-bond donors (Lipinski definition) is 2. The molecule has 0 unspecified atom stereocenters. The van der Waals surface area contributed by atoms with E-state index in [2.05, 4.69) is 9.98 Å². The van der Waals surface area contributed by atoms with Gasteiger partial charge in [-0.3, -0.25) is 4.99 Å². The number of aromatic amines is 1. The molecule has 2 aromatic carbocycles. The molecule has 3 rings (SSSR count). The zero-order valence-corrected chi connectivity index (χ0v) is 13.3. The fourth-order valence-corrected chi connectivity index (χ4v) is 2.58. The fourth-order valence-electron chi connectivity index (χ4n) is 2.58. The number of ether oxygens (including phenoxy) is 1. The summed E-state index contributed by atoms with van der Waals surface area (Å²) in [7, 11) is 1.36. The lowest BCUT2D eigenvalue weighted by Crippen LogP contribution is -2.23. The van der Waals surface area contributed by atoms with Gasteiger partial charge in [0.15, 0.2) is 6.04 Å². The Labute approximate surface area is 139 Å². The number of aromatic hydroxyl groups is 1. The Balaban J connectivity index is 1.84. The molecule has 0 bridgehead atoms. The normalized spacial score (nSPS) is 12.5. The number of aromatic nitrogens is 1. The molecule has 122 valence electrons. The highest BCUT2D eigenvalue weighted by Crippen LogP contribution is 2.20. The van der Waals surface area contributed by atoms with Gasteiger partial charge in [-0.2, -0.15) is 0 Å². The van der Waals surface area contributed by atoms with Gasteiger partial charge in [-0.05, 0) is 41.5 Å². The first-order valence-electron chi connectivity index (χ1n) is 7.62. The number of rotatable bonds is 5. The molecule has 5 heteroatoms. The molecule has 0 saturated carbocycles. The van der Waals surface area contributed by atoms with E-state index in [0.29, 0.717) is 6.42 Å². The van der Waals surface area contributed by atoms with Crippen molar-refractivity contribution in [1.29, 1.82) is 0 Å². The molecule has 1 heterocycles. The van der Waals surface area contributed by atoms with E-state index in [1.165, 1.54) is 7.11 Å². The quantitative estimate of drug-likeness (QED) is 0.560. The summed E-state index contributed by atoms with van der Waals surface area (Å²) in [6, 6.07) is 13.9. The predicted molar refractivity (Wildman–Crippen MR) is 93.5 cm³/mol. The first kappa shape index (κ1) is 15.8. The van der Waals surface area contributed by atoms with Crippen LogP contribution in [-0.2, 0) is 16.0 Å². The summed E-state index contributed by atoms with van der Waals surface area (Å²) in [5.74, 6) is -0.189. The number of H-pyrrole nitrogens is 1. The van der Waals surface area contributed by atoms with Crippen LogP contribution in [-0.4, -0.2) is 35.4 Å². The number of aliphatic imine (C=N–C) groups is 1. The average Bonchev–Trinajstić information content (AvgIpc) is 3.02. The standard InChI is InChI=1S/C19H18N2O3/c1-24-19(23)18(20-11-13-6-8-15(22)9-7-13)10-14-12-21-17-5-3-2-4-16(14)17/h2-9,11-12,18,21-22H,10H2,1H3/t18-/m0/s1. The van der Waals surface area contributed by atoms with Crippen LogP contribution in [0.4, 0.5) is 0 Å². The zero-order chi connectivity index (χ0) is 16.9. The number of phenolic OH excluding ortho intramolecular Hbond substituents is 1. The van der Waals surface area contributed by atoms with Crippen LogP contribution in [0.3, 0.4) is 0 Å². The summed E-state index contributed by atoms with van der Waals surface area (Å²) in [6.45, 7) is 0. The lowest BCUT2D eigenvalue weighted by atomic mass is 10.1. The second-order valence-electron chi connectivity index (χ2n) is 5.47. The molecule has 3 aromatic rings. The highest BCUT2D eigenvalue weighted by molar-refractivity contribution is 5.86. The van der Waals surface area contributed by atoms with Gasteiger partial charge < -0.3 is 14.8 Å². The molecule has 0 amide bonds. The molecular formula is C19H18N2O3. The van der Waals surface area contributed by atoms with Crippen molar-refractivity contribution in [2.75, 3.05) is 7.11 Å². The highest BCUT2D eigenvalue weighted by atomic mass is 16.5. The Bertz CT molecular complexity index is 866. The second-order valence-corrected chi connectivity index (χ2v) is 5.47. The van der Waals surface area contributed by atoms with Crippen molar-refractivity contribution in [2.45, 2.75) is 12.5 Å². The molecule has 0 saturated heterocycles. The van der Waals surface area contributed by atoms with Gasteiger partial charge in [0.05, 0.1) is 7.11 Å². The lowest BCUT2D eigenvalue weighted by Gasteiger charge is -2.09. The number of nitrogens with zero attached hydrogens (tertiary/aromatic N) is 1. The average molecular weight is 322 g/mol. The summed E-state index contributed by atoms with van der Waals surface area (Å²) in [5, 5.41) is 10.4. The Hall–Kier alpha value is -3.08. The van der Waals surface area contributed by atoms with E-state index in [0.717, 1.165) is 22.0 Å². The van der Waals surface area contributed by atoms with Crippen molar-refractivity contribution in [3.05, 3.63) is 65.9 Å². The minimum absolute atomic E-state index is 0.190. The van der Waals surface area contributed by atoms with Crippen LogP contribution in [0.25, 0.3) is 10.9 Å². The third kappa shape index (κ3) is 3.46. The number of carbonyl (C=O) groups excluding carboxylic acids is 1. The van der Waals surface area contributed by atoms with Gasteiger partial charge in [-0.15, -0.1) is 0 Å². The summed E-state index contributed by atoms with van der Waals surface area (Å²) >= 11 is 0. The number of benzene rings is 2. The minimum Gasteiger partial charge on any atom is -0.508 e. The molecule has 0 spiro atoms. The van der Waals surface area contributed by atoms with Gasteiger partial charge in [0.1, 0.15) is 5.75 Å². The molecule has 0 aliphatic rings. The maximum Gasteiger partial charge on any atom is 0.330 e. The first-order valence-corrected chi connectivity index (χ1v) is 7.62. The predicted octanol–water partition coefficient (Wildman–Crippen LogP) is 3.08. The zero-order valence-electron chi connectivity index (χ0n) is 13.3. The van der Waals surface area contributed by atoms with Gasteiger partial charge in [0.2, 0.25) is 0 Å². The van der Waals surface area contributed by atoms with Crippen LogP contribution in [0, 0.1) is 0 Å². The van der Waals surface area contributed by atoms with Crippen LogP contribution >= 0.6 is 0 Å². The topological polar surface area (TPSA) is 74.7 Å². The van der Waals surface area contributed by atoms with Crippen LogP contribution < -0.4 is 0 Å². The molecule has 0 radical (unpaired) electrons. The number of nitrogens with one attached hydrogen (secondary N) is 1. The number of methoxy groups -OCH3 is 1. The third-order valence-electron chi connectivity index (χ3n) is 3.86. The Morgan fingerprint density at radius 3 is 2.75 bits per heavy atom. The molecule has 0 fully saturated rings. The van der Waals surface area contributed by atoms with Crippen molar-refractivity contribution in [3.63, 3.8) is 0 Å². The second kappa shape index (κ2) is 7.00. The number of hydrogen-bond acceptors (Lipinski definition) is 4. The Morgan fingerprint density at radius 1 is 1.25 bits per heavy atom. The summed E-state index contributed by atoms with van der Waals surface area (Å²) in [4.78, 5) is 19.6. The van der Waals surface area contributed by atoms with Crippen LogP contribution in [0.1, 0.15) is 11.1 Å². The maximum absolute atomic E-state index is 12.1. The molecule has 24 heavy (non-hydrogen) atoms. The van der Waals surface area contributed by atoms with Crippen LogP contribution in [0.15, 0.2) is 59.7 Å². The van der Waals surface area contributed by atoms with Gasteiger partial charge in [-0.1, -0.05) is 18.2 Å². The van der Waals surface area contributed by atoms with E-state index in [4.69, 9.17) is 4.74 Å². The molecule has 1 atom stereocenters. The van der Waals surface area contributed by atoms with E-state index in [1.807, 2.05) is 30.5 Å². The summed E-state index contributed by atoms with van der Waals surface area (Å²) in [6.07, 6.45) is 3.97. The minimum atomic E-state index is -0.622. The Morgan fingerprint density at radius 2 is 2.00 bits per heavy atom. The van der Waals surface area contributed by atoms with Crippen molar-refractivity contribution < 1.29 is 14.6 Å². The van der Waals surface area contributed by atoms with Crippen molar-refractivity contribution >= 4 is 23.1 Å². The lowest BCUT2D eigenvalue weighted by molar-refractivity contribution is -0.142. The molecule has 0 aliphatic heterocycles. The van der Waals surface area contributed by atoms with E-state index in [-0.39, 0.29) is 11.7 Å². The molecular weight excluding hydrogens is 304 g/mol. The largest absolute Gasteiger partial charge is 0.508 e. The number of carbonyl (C=O) groups is 1. The third-order valence-corrected chi connectivity index (χ3v) is 3.86. The van der Waals surface area contributed by atoms with Gasteiger partial charge >= 0.3 is 5.97 Å². The van der Waals surface area contributed by atoms with E-state index < -0.39 is 6.04 Å². The maximum atomic E-state index is 12.1. The van der Waals surface area contributed by atoms with E-state index >= 15 is 0 Å². The molecule has 0 aliphatic carbocycles. The fraction of sp³-hybridized carbons (Fsp3) is 0.158. The summed E-state index contributed by atoms with van der Waals surface area (Å²) in [5.41, 5.74) is 2.85. The van der Waals surface area contributed by atoms with Crippen molar-refractivity contribution in [3.8, 4) is 5.75 Å². The van der Waals surface area contributed by atoms with Gasteiger partial charge in [0, 0.05) is 29.7 Å². The number of phenols is 1. The van der Waals surface area contributed by atoms with Crippen molar-refractivity contribution in [2.24, 2.45) is 4.99 Å². The van der Waals surface area contributed by atoms with Gasteiger partial charge in [0.25, 0.3) is 0 Å². The van der Waals surface area contributed by atoms with Gasteiger partial charge in [-0.25, -0.2) is 4.79 Å². The van der Waals surface area contributed by atoms with Crippen LogP contribution in [0.2, 0.25) is 0 Å². The SMILES string of the molecule is COC(=O)[C@H](Cc1c[nH]c2ccccc12)N=Cc1ccc(O)cc1. The molecule has 1 aromatic heterocycles. The Kier molecular flexibility index (Phi) is 4.61. The number of fused-ring (bicyclic) bond motifs is 1. The smallest absolute Gasteiger partial charge is 0.330 e. The first-order chi connectivity index (χ1) is 11.7. The molecule has 5 nitrogen and oxygen atoms in total. The number of esters is 1. The number of para-hydroxylation sites is 1. The monoisotopic (exact) mass is 322 g/mol. The van der Waals surface area contributed by atoms with Crippen LogP contribution in [0.5, 0.6) is 5.75 Å².